The molecule has 0 fully saturated rings. The molecule has 0 radical (unpaired) electrons. The van der Waals surface area contributed by atoms with Crippen LogP contribution >= 0.6 is 0 Å². The fourth-order valence-electron chi connectivity index (χ4n) is 2.57. The van der Waals surface area contributed by atoms with Gasteiger partial charge in [-0.2, -0.15) is 4.80 Å². The third-order valence-electron chi connectivity index (χ3n) is 3.89. The second-order valence-corrected chi connectivity index (χ2v) is 5.84. The maximum absolute atomic E-state index is 13.7. The zero-order valence-electron chi connectivity index (χ0n) is 14.7. The van der Waals surface area contributed by atoms with E-state index in [1.54, 1.807) is 36.4 Å². The van der Waals surface area contributed by atoms with Crippen LogP contribution in [0.3, 0.4) is 0 Å². The van der Waals surface area contributed by atoms with Gasteiger partial charge < -0.3 is 19.5 Å². The molecule has 1 aliphatic rings. The van der Waals surface area contributed by atoms with E-state index in [4.69, 9.17) is 14.2 Å². The lowest BCUT2D eigenvalue weighted by atomic mass is 10.2. The van der Waals surface area contributed by atoms with Crippen molar-refractivity contribution in [1.29, 1.82) is 0 Å². The van der Waals surface area contributed by atoms with E-state index in [0.29, 0.717) is 23.8 Å². The van der Waals surface area contributed by atoms with Crippen molar-refractivity contribution in [1.82, 2.24) is 25.5 Å². The van der Waals surface area contributed by atoms with Crippen LogP contribution in [-0.2, 0) is 11.3 Å². The van der Waals surface area contributed by atoms with Crippen molar-refractivity contribution in [3.63, 3.8) is 0 Å². The Hall–Kier alpha value is -3.69. The van der Waals surface area contributed by atoms with Gasteiger partial charge in [0.25, 0.3) is 0 Å². The van der Waals surface area contributed by atoms with E-state index < -0.39 is 5.82 Å². The number of amides is 1. The Kier molecular flexibility index (Phi) is 5.00. The molecule has 0 spiro atoms. The summed E-state index contributed by atoms with van der Waals surface area (Å²) >= 11 is 0. The number of nitrogens with one attached hydrogen (secondary N) is 1. The first kappa shape index (κ1) is 17.7. The molecule has 2 heterocycles. The Labute approximate surface area is 159 Å². The minimum Gasteiger partial charge on any atom is -0.492 e. The van der Waals surface area contributed by atoms with Gasteiger partial charge in [-0.25, -0.2) is 4.39 Å². The summed E-state index contributed by atoms with van der Waals surface area (Å²) in [5.74, 6) is 1.28. The lowest BCUT2D eigenvalue weighted by Crippen LogP contribution is -2.31. The zero-order chi connectivity index (χ0) is 19.3. The van der Waals surface area contributed by atoms with Crippen molar-refractivity contribution in [3.8, 4) is 28.6 Å². The van der Waals surface area contributed by atoms with Crippen molar-refractivity contribution < 1.29 is 23.4 Å². The number of halogens is 1. The predicted molar refractivity (Wildman–Crippen MR) is 94.3 cm³/mol. The third-order valence-corrected chi connectivity index (χ3v) is 3.89. The first-order valence-corrected chi connectivity index (χ1v) is 8.51. The highest BCUT2D eigenvalue weighted by Crippen LogP contribution is 2.34. The van der Waals surface area contributed by atoms with E-state index in [0.717, 1.165) is 4.80 Å². The summed E-state index contributed by atoms with van der Waals surface area (Å²) in [6.45, 7) is 0.633. The molecule has 0 atom stereocenters. The summed E-state index contributed by atoms with van der Waals surface area (Å²) in [5, 5.41) is 14.3. The molecule has 2 aromatic carbocycles. The molecule has 1 N–H and O–H groups in total. The summed E-state index contributed by atoms with van der Waals surface area (Å²) in [6, 6.07) is 11.4. The Bertz CT molecular complexity index is 994. The van der Waals surface area contributed by atoms with Crippen molar-refractivity contribution >= 4 is 5.91 Å². The van der Waals surface area contributed by atoms with E-state index in [2.05, 4.69) is 20.7 Å². The number of tetrazole rings is 1. The molecule has 0 saturated carbocycles. The molecule has 28 heavy (non-hydrogen) atoms. The number of benzene rings is 2. The Morgan fingerprint density at radius 2 is 2.07 bits per heavy atom. The van der Waals surface area contributed by atoms with Gasteiger partial charge in [0, 0.05) is 6.07 Å². The highest BCUT2D eigenvalue weighted by molar-refractivity contribution is 5.75. The number of hydrogen-bond acceptors (Lipinski definition) is 7. The molecule has 3 aromatic rings. The Balaban J connectivity index is 1.23. The van der Waals surface area contributed by atoms with Crippen LogP contribution in [0, 0.1) is 5.82 Å². The number of hydrogen-bond donors (Lipinski definition) is 1. The summed E-state index contributed by atoms with van der Waals surface area (Å²) in [6.07, 6.45) is 0. The zero-order valence-corrected chi connectivity index (χ0v) is 14.7. The summed E-state index contributed by atoms with van der Waals surface area (Å²) < 4.78 is 29.8. The van der Waals surface area contributed by atoms with Gasteiger partial charge in [-0.05, 0) is 29.5 Å². The molecular formula is C18H16FN5O4. The van der Waals surface area contributed by atoms with Crippen LogP contribution in [0.25, 0.3) is 11.4 Å². The standard InChI is InChI=1S/C18H16FN5O4/c19-14-4-2-1-3-13(14)18-21-23-24(22-18)10-17(25)20-7-8-26-12-5-6-15-16(9-12)28-11-27-15/h1-6,9H,7-8,10-11H2,(H,20,25). The average molecular weight is 385 g/mol. The fourth-order valence-corrected chi connectivity index (χ4v) is 2.57. The van der Waals surface area contributed by atoms with Gasteiger partial charge in [0.15, 0.2) is 11.5 Å². The van der Waals surface area contributed by atoms with Crippen LogP contribution in [0.1, 0.15) is 0 Å². The molecule has 144 valence electrons. The summed E-state index contributed by atoms with van der Waals surface area (Å²) in [5.41, 5.74) is 0.228. The second kappa shape index (κ2) is 7.91. The number of carbonyl (C=O) groups excluding carboxylic acids is 1. The van der Waals surface area contributed by atoms with Crippen LogP contribution in [0.2, 0.25) is 0 Å². The molecule has 1 amide bonds. The number of carbonyl (C=O) groups is 1. The van der Waals surface area contributed by atoms with E-state index in [1.165, 1.54) is 6.07 Å². The maximum atomic E-state index is 13.7. The van der Waals surface area contributed by atoms with Crippen LogP contribution in [0.4, 0.5) is 4.39 Å². The molecule has 0 saturated heterocycles. The number of nitrogens with zero attached hydrogens (tertiary/aromatic N) is 4. The minimum absolute atomic E-state index is 0.122. The molecule has 9 nitrogen and oxygen atoms in total. The molecule has 0 aliphatic carbocycles. The number of ether oxygens (including phenoxy) is 3. The van der Waals surface area contributed by atoms with Crippen LogP contribution in [-0.4, -0.2) is 46.1 Å². The van der Waals surface area contributed by atoms with Crippen molar-refractivity contribution in [2.24, 2.45) is 0 Å². The van der Waals surface area contributed by atoms with E-state index >= 15 is 0 Å². The van der Waals surface area contributed by atoms with Gasteiger partial charge >= 0.3 is 0 Å². The van der Waals surface area contributed by atoms with Gasteiger partial charge in [0.2, 0.25) is 18.5 Å². The largest absolute Gasteiger partial charge is 0.492 e. The monoisotopic (exact) mass is 385 g/mol. The summed E-state index contributed by atoms with van der Waals surface area (Å²) in [7, 11) is 0. The van der Waals surface area contributed by atoms with E-state index in [1.807, 2.05) is 0 Å². The topological polar surface area (TPSA) is 100 Å². The molecule has 1 aromatic heterocycles. The lowest BCUT2D eigenvalue weighted by molar-refractivity contribution is -0.122. The van der Waals surface area contributed by atoms with Crippen molar-refractivity contribution in [2.45, 2.75) is 6.54 Å². The molecule has 1 aliphatic heterocycles. The van der Waals surface area contributed by atoms with Crippen LogP contribution in [0.5, 0.6) is 17.2 Å². The van der Waals surface area contributed by atoms with Gasteiger partial charge in [-0.15, -0.1) is 10.2 Å². The quantitative estimate of drug-likeness (QED) is 0.614. The predicted octanol–water partition coefficient (Wildman–Crippen LogP) is 1.40. The van der Waals surface area contributed by atoms with Gasteiger partial charge in [-0.3, -0.25) is 4.79 Å². The van der Waals surface area contributed by atoms with E-state index in [9.17, 15) is 9.18 Å². The van der Waals surface area contributed by atoms with Gasteiger partial charge in [-0.1, -0.05) is 12.1 Å². The fraction of sp³-hybridized carbons (Fsp3) is 0.222. The molecule has 4 rings (SSSR count). The smallest absolute Gasteiger partial charge is 0.243 e. The van der Waals surface area contributed by atoms with Gasteiger partial charge in [0.05, 0.1) is 12.1 Å². The van der Waals surface area contributed by atoms with E-state index in [-0.39, 0.29) is 37.2 Å². The number of aromatic nitrogens is 4. The molecule has 0 unspecified atom stereocenters. The first-order chi connectivity index (χ1) is 13.7. The normalized spacial score (nSPS) is 12.0. The third kappa shape index (κ3) is 4.00. The van der Waals surface area contributed by atoms with Gasteiger partial charge in [0.1, 0.15) is 24.7 Å². The Morgan fingerprint density at radius 1 is 1.21 bits per heavy atom. The van der Waals surface area contributed by atoms with Crippen molar-refractivity contribution in [3.05, 3.63) is 48.3 Å². The molecule has 10 heteroatoms. The highest BCUT2D eigenvalue weighted by atomic mass is 19.1. The SMILES string of the molecule is O=C(Cn1nnc(-c2ccccc2F)n1)NCCOc1ccc2c(c1)OCO2. The lowest BCUT2D eigenvalue weighted by Gasteiger charge is -2.08. The number of rotatable bonds is 7. The minimum atomic E-state index is -0.452. The molecule has 0 bridgehead atoms. The summed E-state index contributed by atoms with van der Waals surface area (Å²) in [4.78, 5) is 13.1. The molecular weight excluding hydrogens is 369 g/mol. The first-order valence-electron chi connectivity index (χ1n) is 8.51. The van der Waals surface area contributed by atoms with Crippen LogP contribution < -0.4 is 19.5 Å². The number of fused-ring (bicyclic) bond motifs is 1. The maximum Gasteiger partial charge on any atom is 0.243 e. The average Bonchev–Trinajstić information content (AvgIpc) is 3.34. The van der Waals surface area contributed by atoms with Crippen LogP contribution in [0.15, 0.2) is 42.5 Å². The Morgan fingerprint density at radius 3 is 2.96 bits per heavy atom. The highest BCUT2D eigenvalue weighted by Gasteiger charge is 2.14. The second-order valence-electron chi connectivity index (χ2n) is 5.84. The van der Waals surface area contributed by atoms with Crippen molar-refractivity contribution in [2.75, 3.05) is 19.9 Å².